The van der Waals surface area contributed by atoms with E-state index in [2.05, 4.69) is 165 Å². The van der Waals surface area contributed by atoms with Crippen LogP contribution in [-0.4, -0.2) is 4.57 Å². The van der Waals surface area contributed by atoms with Crippen LogP contribution >= 0.6 is 0 Å². The van der Waals surface area contributed by atoms with Gasteiger partial charge in [-0.1, -0.05) is 146 Å². The highest BCUT2D eigenvalue weighted by Crippen LogP contribution is 2.34. The van der Waals surface area contributed by atoms with Gasteiger partial charge in [0.05, 0.1) is 5.69 Å². The van der Waals surface area contributed by atoms with E-state index in [1.54, 1.807) is 6.20 Å². The van der Waals surface area contributed by atoms with Crippen LogP contribution in [0.2, 0.25) is 0 Å². The number of aromatic nitrogens is 1. The van der Waals surface area contributed by atoms with Crippen molar-refractivity contribution in [2.75, 3.05) is 0 Å². The van der Waals surface area contributed by atoms with Crippen LogP contribution in [-0.2, 0) is 7.05 Å². The topological polar surface area (TPSA) is 30.9 Å². The van der Waals surface area contributed by atoms with E-state index in [9.17, 15) is 0 Å². The van der Waals surface area contributed by atoms with Crippen LogP contribution in [0.25, 0.3) is 59.0 Å². The van der Waals surface area contributed by atoms with Crippen molar-refractivity contribution in [2.45, 2.75) is 13.8 Å². The van der Waals surface area contributed by atoms with Gasteiger partial charge in [0.1, 0.15) is 0 Å². The molecule has 0 aliphatic heterocycles. The lowest BCUT2D eigenvalue weighted by Gasteiger charge is -2.12. The summed E-state index contributed by atoms with van der Waals surface area (Å²) in [4.78, 5) is 0. The van der Waals surface area contributed by atoms with Crippen LogP contribution in [0, 0.1) is 6.92 Å². The van der Waals surface area contributed by atoms with E-state index in [4.69, 9.17) is 5.73 Å². The average molecular weight is 559 g/mol. The van der Waals surface area contributed by atoms with Crippen molar-refractivity contribution in [1.82, 2.24) is 4.57 Å². The number of benzene rings is 4. The van der Waals surface area contributed by atoms with Gasteiger partial charge >= 0.3 is 0 Å². The van der Waals surface area contributed by atoms with Gasteiger partial charge in [0.15, 0.2) is 0 Å². The Balaban J connectivity index is 1.41. The Kier molecular flexibility index (Phi) is 9.51. The van der Waals surface area contributed by atoms with E-state index >= 15 is 0 Å². The summed E-state index contributed by atoms with van der Waals surface area (Å²) >= 11 is 0. The third-order valence-corrected chi connectivity index (χ3v) is 7.58. The van der Waals surface area contributed by atoms with Crippen LogP contribution < -0.4 is 26.6 Å². The standard InChI is InChI=1S/C41H38N2/c1-4-13-37-19-9-10-22-39(37)41-31(2)30-40(43(41)3)38-25-23-32(24-26-38)14-11-20-33-15-5-7-17-35(33)27-28-36-18-8-6-16-34(36)21-12-29-42/h4-30H,42H2,1-3H3/b13-4-,14-11-,29-12+,33-20-,34-21-,35-27+,36-28-. The maximum Gasteiger partial charge on any atom is 0.0518 e. The van der Waals surface area contributed by atoms with E-state index < -0.39 is 0 Å². The predicted octanol–water partition coefficient (Wildman–Crippen LogP) is 6.71. The fourth-order valence-corrected chi connectivity index (χ4v) is 5.46. The summed E-state index contributed by atoms with van der Waals surface area (Å²) in [6.45, 7) is 4.26. The van der Waals surface area contributed by atoms with Gasteiger partial charge in [0, 0.05) is 18.3 Å². The first-order valence-corrected chi connectivity index (χ1v) is 14.7. The smallest absolute Gasteiger partial charge is 0.0518 e. The molecule has 1 heterocycles. The van der Waals surface area contributed by atoms with Crippen LogP contribution in [0.5, 0.6) is 0 Å². The molecule has 5 aromatic rings. The zero-order valence-electron chi connectivity index (χ0n) is 25.1. The summed E-state index contributed by atoms with van der Waals surface area (Å²) < 4.78 is 2.31. The largest absolute Gasteiger partial charge is 0.405 e. The van der Waals surface area contributed by atoms with Crippen molar-refractivity contribution in [3.63, 3.8) is 0 Å². The lowest BCUT2D eigenvalue weighted by molar-refractivity contribution is 0.943. The highest BCUT2D eigenvalue weighted by Gasteiger charge is 2.14. The summed E-state index contributed by atoms with van der Waals surface area (Å²) in [5, 5.41) is 4.61. The van der Waals surface area contributed by atoms with E-state index in [0.29, 0.717) is 0 Å². The zero-order valence-corrected chi connectivity index (χ0v) is 25.1. The van der Waals surface area contributed by atoms with Gasteiger partial charge in [-0.2, -0.15) is 0 Å². The average Bonchev–Trinajstić information content (AvgIpc) is 3.33. The summed E-state index contributed by atoms with van der Waals surface area (Å²) in [5.41, 5.74) is 14.1. The summed E-state index contributed by atoms with van der Waals surface area (Å²) in [5.74, 6) is 0. The molecule has 0 saturated carbocycles. The Morgan fingerprint density at radius 2 is 1.19 bits per heavy atom. The first kappa shape index (κ1) is 29.2. The maximum atomic E-state index is 5.54. The quantitative estimate of drug-likeness (QED) is 0.237. The lowest BCUT2D eigenvalue weighted by atomic mass is 10.0. The highest BCUT2D eigenvalue weighted by molar-refractivity contribution is 5.79. The fraction of sp³-hybridized carbons (Fsp3) is 0.0732. The molecule has 212 valence electrons. The second kappa shape index (κ2) is 14.0. The molecular formula is C41H38N2. The number of aryl methyl sites for hydroxylation is 1. The number of rotatable bonds is 7. The second-order valence-corrected chi connectivity index (χ2v) is 10.5. The molecule has 0 radical (unpaired) electrons. The first-order valence-electron chi connectivity index (χ1n) is 14.7. The van der Waals surface area contributed by atoms with Gasteiger partial charge in [0.25, 0.3) is 0 Å². The third-order valence-electron chi connectivity index (χ3n) is 7.58. The molecular weight excluding hydrogens is 520 g/mol. The lowest BCUT2D eigenvalue weighted by Crippen LogP contribution is -2.26. The van der Waals surface area contributed by atoms with Crippen molar-refractivity contribution in [2.24, 2.45) is 12.8 Å². The minimum Gasteiger partial charge on any atom is -0.405 e. The van der Waals surface area contributed by atoms with Crippen LogP contribution in [0.3, 0.4) is 0 Å². The van der Waals surface area contributed by atoms with Gasteiger partial charge < -0.3 is 10.3 Å². The van der Waals surface area contributed by atoms with E-state index in [1.165, 1.54) is 38.9 Å². The van der Waals surface area contributed by atoms with Gasteiger partial charge in [-0.3, -0.25) is 0 Å². The Morgan fingerprint density at radius 1 is 0.628 bits per heavy atom. The SMILES string of the molecule is C/C=C\c1ccccc1-c1c(C)cc(-c2ccc(\C=C/C=c3/cccc/c3=C\C=c3\cccc\c3=C\C=C\N)cc2)n1C. The van der Waals surface area contributed by atoms with Crippen LogP contribution in [0.1, 0.15) is 23.6 Å². The zero-order chi connectivity index (χ0) is 30.0. The van der Waals surface area contributed by atoms with Crippen molar-refractivity contribution in [3.05, 3.63) is 165 Å². The molecule has 0 amide bonds. The predicted molar refractivity (Wildman–Crippen MR) is 187 cm³/mol. The number of hydrogen-bond acceptors (Lipinski definition) is 1. The minimum absolute atomic E-state index is 1.13. The van der Waals surface area contributed by atoms with Crippen molar-refractivity contribution in [1.29, 1.82) is 0 Å². The number of allylic oxidation sites excluding steroid dienone is 3. The molecule has 0 bridgehead atoms. The Morgan fingerprint density at radius 3 is 1.79 bits per heavy atom. The number of nitrogens with zero attached hydrogens (tertiary/aromatic N) is 1. The van der Waals surface area contributed by atoms with Gasteiger partial charge in [-0.05, 0) is 75.3 Å². The normalized spacial score (nSPS) is 13.8. The molecule has 0 aliphatic rings. The molecule has 0 unspecified atom stereocenters. The molecule has 0 saturated heterocycles. The monoisotopic (exact) mass is 558 g/mol. The molecule has 4 aromatic carbocycles. The molecule has 0 spiro atoms. The summed E-state index contributed by atoms with van der Waals surface area (Å²) in [6, 6.07) is 36.4. The second-order valence-electron chi connectivity index (χ2n) is 10.5. The van der Waals surface area contributed by atoms with Crippen LogP contribution in [0.15, 0.2) is 128 Å². The summed E-state index contributed by atoms with van der Waals surface area (Å²) in [6.07, 6.45) is 20.5. The number of nitrogens with two attached hydrogens (primary N) is 1. The Labute approximate surface area is 254 Å². The van der Waals surface area contributed by atoms with E-state index in [-0.39, 0.29) is 0 Å². The third kappa shape index (κ3) is 6.94. The van der Waals surface area contributed by atoms with Gasteiger partial charge in [-0.25, -0.2) is 0 Å². The Bertz CT molecular complexity index is 2050. The first-order chi connectivity index (χ1) is 21.1. The fourth-order valence-electron chi connectivity index (χ4n) is 5.46. The Hall–Kier alpha value is -5.34. The van der Waals surface area contributed by atoms with Crippen molar-refractivity contribution in [3.8, 4) is 22.5 Å². The highest BCUT2D eigenvalue weighted by atomic mass is 15.0. The molecule has 2 N–H and O–H groups in total. The molecule has 2 heteroatoms. The maximum absolute atomic E-state index is 5.54. The minimum atomic E-state index is 1.13. The summed E-state index contributed by atoms with van der Waals surface area (Å²) in [7, 11) is 2.16. The van der Waals surface area contributed by atoms with E-state index in [1.807, 2.05) is 18.2 Å². The number of hydrogen-bond donors (Lipinski definition) is 1. The molecule has 0 atom stereocenters. The van der Waals surface area contributed by atoms with Crippen molar-refractivity contribution >= 4 is 36.5 Å². The molecule has 5 rings (SSSR count). The van der Waals surface area contributed by atoms with Gasteiger partial charge in [-0.15, -0.1) is 0 Å². The molecule has 1 aromatic heterocycles. The van der Waals surface area contributed by atoms with E-state index in [0.717, 1.165) is 21.2 Å². The molecule has 0 aliphatic carbocycles. The molecule has 2 nitrogen and oxygen atoms in total. The molecule has 0 fully saturated rings. The van der Waals surface area contributed by atoms with Gasteiger partial charge in [0.2, 0.25) is 0 Å². The van der Waals surface area contributed by atoms with Crippen molar-refractivity contribution < 1.29 is 0 Å². The van der Waals surface area contributed by atoms with Crippen LogP contribution in [0.4, 0.5) is 0 Å². The molecule has 43 heavy (non-hydrogen) atoms.